The third-order valence-electron chi connectivity index (χ3n) is 1.75. The fourth-order valence-electron chi connectivity index (χ4n) is 1.07. The maximum atomic E-state index is 11.3. The molecular formula is C9H10N4O4S. The van der Waals surface area contributed by atoms with E-state index in [0.29, 0.717) is 17.5 Å². The van der Waals surface area contributed by atoms with Crippen LogP contribution in [-0.2, 0) is 10.5 Å². The van der Waals surface area contributed by atoms with Gasteiger partial charge in [-0.25, -0.2) is 4.79 Å². The van der Waals surface area contributed by atoms with Gasteiger partial charge in [-0.2, -0.15) is 4.98 Å². The molecule has 0 aromatic carbocycles. The Hall–Kier alpha value is -1.90. The first-order valence-electron chi connectivity index (χ1n) is 5.11. The average Bonchev–Trinajstić information content (AvgIpc) is 2.95. The van der Waals surface area contributed by atoms with Gasteiger partial charge in [0.25, 0.3) is 5.22 Å². The molecule has 9 heteroatoms. The van der Waals surface area contributed by atoms with Gasteiger partial charge in [-0.3, -0.25) is 0 Å². The quantitative estimate of drug-likeness (QED) is 0.585. The summed E-state index contributed by atoms with van der Waals surface area (Å²) in [6, 6.07) is 0. The second-order valence-electron chi connectivity index (χ2n) is 3.12. The van der Waals surface area contributed by atoms with Crippen LogP contribution in [0.25, 0.3) is 0 Å². The predicted octanol–water partition coefficient (Wildman–Crippen LogP) is 1.23. The molecule has 0 bridgehead atoms. The number of aromatic nitrogens is 4. The molecule has 0 saturated carbocycles. The number of thioether (sulfide) groups is 1. The third-order valence-corrected chi connectivity index (χ3v) is 2.55. The summed E-state index contributed by atoms with van der Waals surface area (Å²) < 4.78 is 14.7. The second-order valence-corrected chi connectivity index (χ2v) is 4.04. The van der Waals surface area contributed by atoms with Crippen LogP contribution in [0.3, 0.4) is 0 Å². The van der Waals surface area contributed by atoms with E-state index in [1.807, 2.05) is 0 Å². The molecule has 0 amide bonds. The number of carbonyl (C=O) groups excluding carboxylic acids is 1. The normalized spacial score (nSPS) is 10.6. The molecule has 2 rings (SSSR count). The van der Waals surface area contributed by atoms with E-state index in [2.05, 4.69) is 20.3 Å². The molecule has 0 saturated heterocycles. The molecule has 2 aromatic rings. The summed E-state index contributed by atoms with van der Waals surface area (Å²) in [7, 11) is 0. The molecule has 0 aliphatic heterocycles. The maximum Gasteiger partial charge on any atom is 0.396 e. The number of carbonyl (C=O) groups is 1. The molecular weight excluding hydrogens is 260 g/mol. The van der Waals surface area contributed by atoms with Crippen molar-refractivity contribution in [1.82, 2.24) is 20.3 Å². The molecule has 8 nitrogen and oxygen atoms in total. The summed E-state index contributed by atoms with van der Waals surface area (Å²) in [6.45, 7) is 3.68. The van der Waals surface area contributed by atoms with Crippen molar-refractivity contribution >= 4 is 17.7 Å². The summed E-state index contributed by atoms with van der Waals surface area (Å²) in [6.07, 6.45) is 0. The molecule has 0 unspecified atom stereocenters. The van der Waals surface area contributed by atoms with Gasteiger partial charge in [-0.15, -0.1) is 5.10 Å². The highest BCUT2D eigenvalue weighted by atomic mass is 32.2. The molecule has 0 N–H and O–H groups in total. The SMILES string of the molecule is CCOC(=O)c1nnc(SCc2nc(C)no2)o1. The van der Waals surface area contributed by atoms with E-state index >= 15 is 0 Å². The van der Waals surface area contributed by atoms with Crippen LogP contribution in [0.15, 0.2) is 14.2 Å². The van der Waals surface area contributed by atoms with Crippen LogP contribution in [0.4, 0.5) is 0 Å². The Morgan fingerprint density at radius 3 is 2.94 bits per heavy atom. The minimum Gasteiger partial charge on any atom is -0.459 e. The molecule has 0 radical (unpaired) electrons. The number of ether oxygens (including phenoxy) is 1. The Kier molecular flexibility index (Phi) is 3.92. The molecule has 2 aromatic heterocycles. The van der Waals surface area contributed by atoms with Gasteiger partial charge in [-0.1, -0.05) is 22.0 Å². The van der Waals surface area contributed by atoms with Crippen molar-refractivity contribution in [3.63, 3.8) is 0 Å². The maximum absolute atomic E-state index is 11.3. The van der Waals surface area contributed by atoms with Crippen molar-refractivity contribution in [3.8, 4) is 0 Å². The standard InChI is InChI=1S/C9H10N4O4S/c1-3-15-8(14)7-11-12-9(16-7)18-4-6-10-5(2)13-17-6/h3-4H2,1-2H3. The number of rotatable bonds is 5. The summed E-state index contributed by atoms with van der Waals surface area (Å²) >= 11 is 1.20. The highest BCUT2D eigenvalue weighted by Crippen LogP contribution is 2.20. The predicted molar refractivity (Wildman–Crippen MR) is 58.9 cm³/mol. The molecule has 96 valence electrons. The molecule has 0 aliphatic rings. The number of nitrogens with zero attached hydrogens (tertiary/aromatic N) is 4. The first-order valence-corrected chi connectivity index (χ1v) is 6.10. The van der Waals surface area contributed by atoms with E-state index in [-0.39, 0.29) is 17.7 Å². The van der Waals surface area contributed by atoms with Crippen LogP contribution < -0.4 is 0 Å². The van der Waals surface area contributed by atoms with Crippen molar-refractivity contribution in [1.29, 1.82) is 0 Å². The largest absolute Gasteiger partial charge is 0.459 e. The summed E-state index contributed by atoms with van der Waals surface area (Å²) in [4.78, 5) is 15.3. The lowest BCUT2D eigenvalue weighted by molar-refractivity contribution is 0.0475. The van der Waals surface area contributed by atoms with Gasteiger partial charge in [0.05, 0.1) is 12.4 Å². The van der Waals surface area contributed by atoms with Crippen molar-refractivity contribution in [2.45, 2.75) is 24.8 Å². The zero-order valence-electron chi connectivity index (χ0n) is 9.74. The topological polar surface area (TPSA) is 104 Å². The Morgan fingerprint density at radius 1 is 1.44 bits per heavy atom. The van der Waals surface area contributed by atoms with Gasteiger partial charge < -0.3 is 13.7 Å². The molecule has 0 atom stereocenters. The van der Waals surface area contributed by atoms with Crippen molar-refractivity contribution in [2.75, 3.05) is 6.61 Å². The fourth-order valence-corrected chi connectivity index (χ4v) is 1.67. The Labute approximate surface area is 106 Å². The van der Waals surface area contributed by atoms with E-state index in [1.165, 1.54) is 11.8 Å². The first kappa shape index (κ1) is 12.6. The van der Waals surface area contributed by atoms with E-state index < -0.39 is 5.97 Å². The van der Waals surface area contributed by atoms with Crippen molar-refractivity contribution in [2.24, 2.45) is 0 Å². The van der Waals surface area contributed by atoms with Gasteiger partial charge >= 0.3 is 11.9 Å². The van der Waals surface area contributed by atoms with E-state index in [0.717, 1.165) is 0 Å². The van der Waals surface area contributed by atoms with Crippen LogP contribution in [0.5, 0.6) is 0 Å². The smallest absolute Gasteiger partial charge is 0.396 e. The van der Waals surface area contributed by atoms with Crippen LogP contribution in [-0.4, -0.2) is 32.9 Å². The molecule has 0 aliphatic carbocycles. The van der Waals surface area contributed by atoms with Crippen LogP contribution in [0.2, 0.25) is 0 Å². The highest BCUT2D eigenvalue weighted by Gasteiger charge is 2.16. The average molecular weight is 270 g/mol. The van der Waals surface area contributed by atoms with Crippen LogP contribution in [0, 0.1) is 6.92 Å². The second kappa shape index (κ2) is 5.63. The first-order chi connectivity index (χ1) is 8.69. The van der Waals surface area contributed by atoms with Crippen molar-refractivity contribution in [3.05, 3.63) is 17.6 Å². The number of aryl methyl sites for hydroxylation is 1. The zero-order chi connectivity index (χ0) is 13.0. The number of hydrogen-bond acceptors (Lipinski definition) is 9. The highest BCUT2D eigenvalue weighted by molar-refractivity contribution is 7.98. The fraction of sp³-hybridized carbons (Fsp3) is 0.444. The number of hydrogen-bond donors (Lipinski definition) is 0. The third kappa shape index (κ3) is 3.06. The Bertz CT molecular complexity index is 538. The monoisotopic (exact) mass is 270 g/mol. The van der Waals surface area contributed by atoms with Gasteiger partial charge in [0, 0.05) is 0 Å². The molecule has 0 fully saturated rings. The lowest BCUT2D eigenvalue weighted by atomic mass is 10.7. The summed E-state index contributed by atoms with van der Waals surface area (Å²) in [5.41, 5.74) is 0. The minimum absolute atomic E-state index is 0.166. The lowest BCUT2D eigenvalue weighted by Crippen LogP contribution is -2.04. The van der Waals surface area contributed by atoms with Gasteiger partial charge in [0.15, 0.2) is 5.82 Å². The van der Waals surface area contributed by atoms with E-state index in [1.54, 1.807) is 13.8 Å². The molecule has 0 spiro atoms. The minimum atomic E-state index is -0.634. The molecule has 18 heavy (non-hydrogen) atoms. The summed E-state index contributed by atoms with van der Waals surface area (Å²) in [5.74, 6) is 0.606. The van der Waals surface area contributed by atoms with Crippen molar-refractivity contribution < 1.29 is 18.5 Å². The molecule has 2 heterocycles. The van der Waals surface area contributed by atoms with Crippen LogP contribution in [0.1, 0.15) is 29.3 Å². The van der Waals surface area contributed by atoms with E-state index in [9.17, 15) is 4.79 Å². The zero-order valence-corrected chi connectivity index (χ0v) is 10.6. The Morgan fingerprint density at radius 2 is 2.28 bits per heavy atom. The van der Waals surface area contributed by atoms with Gasteiger partial charge in [0.1, 0.15) is 0 Å². The van der Waals surface area contributed by atoms with Crippen LogP contribution >= 0.6 is 11.8 Å². The summed E-state index contributed by atoms with van der Waals surface area (Å²) in [5, 5.41) is 11.2. The Balaban J connectivity index is 1.92. The van der Waals surface area contributed by atoms with E-state index in [4.69, 9.17) is 13.7 Å². The lowest BCUT2D eigenvalue weighted by Gasteiger charge is -1.94. The van der Waals surface area contributed by atoms with Gasteiger partial charge in [0.2, 0.25) is 5.89 Å². The number of esters is 1. The van der Waals surface area contributed by atoms with Gasteiger partial charge in [-0.05, 0) is 13.8 Å².